The van der Waals surface area contributed by atoms with Crippen molar-refractivity contribution in [2.45, 2.75) is 26.3 Å². The van der Waals surface area contributed by atoms with Gasteiger partial charge in [0, 0.05) is 12.7 Å². The Balaban J connectivity index is 2.13. The van der Waals surface area contributed by atoms with Gasteiger partial charge in [0.05, 0.1) is 0 Å². The van der Waals surface area contributed by atoms with E-state index >= 15 is 0 Å². The van der Waals surface area contributed by atoms with E-state index in [2.05, 4.69) is 36.3 Å². The van der Waals surface area contributed by atoms with Crippen molar-refractivity contribution in [1.29, 1.82) is 0 Å². The van der Waals surface area contributed by atoms with E-state index in [0.717, 1.165) is 17.9 Å². The summed E-state index contributed by atoms with van der Waals surface area (Å²) in [5.41, 5.74) is 2.31. The standard InChI is InChI=1S/C16H19ClN2O/c1-11(2)13-4-6-14(7-5-13)20-16-15(17)8-12(9-18-3)10-19-16/h4-8,10-11,18H,9H2,1-3H3. The maximum atomic E-state index is 6.18. The smallest absolute Gasteiger partial charge is 0.238 e. The number of benzene rings is 1. The van der Waals surface area contributed by atoms with Crippen LogP contribution >= 0.6 is 11.6 Å². The molecule has 2 aromatic rings. The van der Waals surface area contributed by atoms with Gasteiger partial charge in [-0.3, -0.25) is 0 Å². The Hall–Kier alpha value is -1.58. The summed E-state index contributed by atoms with van der Waals surface area (Å²) in [5, 5.41) is 3.58. The molecule has 0 saturated carbocycles. The first-order valence-corrected chi connectivity index (χ1v) is 7.04. The predicted molar refractivity (Wildman–Crippen MR) is 82.6 cm³/mol. The Morgan fingerprint density at radius 1 is 1.25 bits per heavy atom. The molecule has 2 rings (SSSR count). The lowest BCUT2D eigenvalue weighted by Gasteiger charge is -2.10. The summed E-state index contributed by atoms with van der Waals surface area (Å²) in [7, 11) is 1.88. The summed E-state index contributed by atoms with van der Waals surface area (Å²) in [6.07, 6.45) is 1.76. The lowest BCUT2D eigenvalue weighted by Crippen LogP contribution is -2.05. The minimum Gasteiger partial charge on any atom is -0.438 e. The number of nitrogens with zero attached hydrogens (tertiary/aromatic N) is 1. The Morgan fingerprint density at radius 2 is 1.95 bits per heavy atom. The highest BCUT2D eigenvalue weighted by Gasteiger charge is 2.07. The Kier molecular flexibility index (Phi) is 4.99. The summed E-state index contributed by atoms with van der Waals surface area (Å²) >= 11 is 6.18. The van der Waals surface area contributed by atoms with Gasteiger partial charge in [0.15, 0.2) is 0 Å². The van der Waals surface area contributed by atoms with Crippen LogP contribution in [0.25, 0.3) is 0 Å². The van der Waals surface area contributed by atoms with Crippen molar-refractivity contribution in [3.8, 4) is 11.6 Å². The van der Waals surface area contributed by atoms with E-state index in [1.54, 1.807) is 6.20 Å². The van der Waals surface area contributed by atoms with Crippen LogP contribution in [0.1, 0.15) is 30.9 Å². The number of ether oxygens (including phenoxy) is 1. The fraction of sp³-hybridized carbons (Fsp3) is 0.312. The Labute approximate surface area is 124 Å². The van der Waals surface area contributed by atoms with Gasteiger partial charge in [-0.25, -0.2) is 4.98 Å². The van der Waals surface area contributed by atoms with Gasteiger partial charge in [0.1, 0.15) is 10.8 Å². The van der Waals surface area contributed by atoms with Crippen LogP contribution in [-0.2, 0) is 6.54 Å². The second kappa shape index (κ2) is 6.73. The second-order valence-electron chi connectivity index (χ2n) is 4.99. The first-order valence-electron chi connectivity index (χ1n) is 6.67. The Morgan fingerprint density at radius 3 is 2.50 bits per heavy atom. The maximum absolute atomic E-state index is 6.18. The van der Waals surface area contributed by atoms with Gasteiger partial charge in [0.2, 0.25) is 5.88 Å². The van der Waals surface area contributed by atoms with E-state index in [-0.39, 0.29) is 0 Å². The number of aromatic nitrogens is 1. The average molecular weight is 291 g/mol. The van der Waals surface area contributed by atoms with Crippen LogP contribution in [0.4, 0.5) is 0 Å². The number of pyridine rings is 1. The molecule has 1 aromatic heterocycles. The average Bonchev–Trinajstić information content (AvgIpc) is 2.43. The predicted octanol–water partition coefficient (Wildman–Crippen LogP) is 4.37. The molecule has 0 unspecified atom stereocenters. The number of hydrogen-bond acceptors (Lipinski definition) is 3. The molecule has 0 fully saturated rings. The van der Waals surface area contributed by atoms with Crippen molar-refractivity contribution in [1.82, 2.24) is 10.3 Å². The molecule has 0 bridgehead atoms. The van der Waals surface area contributed by atoms with Crippen molar-refractivity contribution in [3.05, 3.63) is 52.7 Å². The van der Waals surface area contributed by atoms with E-state index in [0.29, 0.717) is 16.8 Å². The summed E-state index contributed by atoms with van der Waals surface area (Å²) in [6, 6.07) is 9.86. The molecule has 0 aliphatic carbocycles. The molecule has 0 amide bonds. The van der Waals surface area contributed by atoms with E-state index in [9.17, 15) is 0 Å². The van der Waals surface area contributed by atoms with Gasteiger partial charge in [0.25, 0.3) is 0 Å². The monoisotopic (exact) mass is 290 g/mol. The summed E-state index contributed by atoms with van der Waals surface area (Å²) in [5.74, 6) is 1.68. The van der Waals surface area contributed by atoms with Crippen molar-refractivity contribution in [3.63, 3.8) is 0 Å². The zero-order valence-corrected chi connectivity index (χ0v) is 12.7. The van der Waals surface area contributed by atoms with Crippen molar-refractivity contribution in [2.75, 3.05) is 7.05 Å². The zero-order chi connectivity index (χ0) is 14.5. The molecule has 1 aromatic carbocycles. The summed E-state index contributed by atoms with van der Waals surface area (Å²) in [4.78, 5) is 4.26. The molecule has 20 heavy (non-hydrogen) atoms. The number of halogens is 1. The van der Waals surface area contributed by atoms with Gasteiger partial charge in [-0.15, -0.1) is 0 Å². The maximum Gasteiger partial charge on any atom is 0.238 e. The molecule has 0 atom stereocenters. The molecule has 0 spiro atoms. The summed E-state index contributed by atoms with van der Waals surface area (Å²) < 4.78 is 5.71. The first-order chi connectivity index (χ1) is 9.60. The number of nitrogens with one attached hydrogen (secondary N) is 1. The van der Waals surface area contributed by atoms with Crippen molar-refractivity contribution < 1.29 is 4.74 Å². The molecule has 1 N–H and O–H groups in total. The third kappa shape index (κ3) is 3.71. The molecular weight excluding hydrogens is 272 g/mol. The third-order valence-corrected chi connectivity index (χ3v) is 3.28. The van der Waals surface area contributed by atoms with E-state index in [1.165, 1.54) is 5.56 Å². The quantitative estimate of drug-likeness (QED) is 0.888. The van der Waals surface area contributed by atoms with E-state index in [4.69, 9.17) is 16.3 Å². The normalized spacial score (nSPS) is 10.8. The topological polar surface area (TPSA) is 34.2 Å². The molecule has 0 saturated heterocycles. The lowest BCUT2D eigenvalue weighted by atomic mass is 10.0. The minimum atomic E-state index is 0.434. The Bertz CT molecular complexity index is 567. The van der Waals surface area contributed by atoms with E-state index < -0.39 is 0 Å². The van der Waals surface area contributed by atoms with Crippen molar-refractivity contribution >= 4 is 11.6 Å². The molecule has 0 aliphatic rings. The molecule has 0 aliphatic heterocycles. The fourth-order valence-electron chi connectivity index (χ4n) is 1.87. The van der Waals surface area contributed by atoms with Gasteiger partial charge < -0.3 is 10.1 Å². The third-order valence-electron chi connectivity index (χ3n) is 3.01. The van der Waals surface area contributed by atoms with Crippen LogP contribution in [0.2, 0.25) is 5.02 Å². The van der Waals surface area contributed by atoms with Crippen molar-refractivity contribution in [2.24, 2.45) is 0 Å². The summed E-state index contributed by atoms with van der Waals surface area (Å²) in [6.45, 7) is 5.06. The molecule has 3 nitrogen and oxygen atoms in total. The first kappa shape index (κ1) is 14.8. The minimum absolute atomic E-state index is 0.434. The van der Waals surface area contributed by atoms with Crippen LogP contribution in [0.15, 0.2) is 36.5 Å². The van der Waals surface area contributed by atoms with Crippen LogP contribution < -0.4 is 10.1 Å². The van der Waals surface area contributed by atoms with Gasteiger partial charge in [-0.2, -0.15) is 0 Å². The fourth-order valence-corrected chi connectivity index (χ4v) is 2.10. The highest BCUT2D eigenvalue weighted by molar-refractivity contribution is 6.31. The molecule has 0 radical (unpaired) electrons. The molecule has 4 heteroatoms. The van der Waals surface area contributed by atoms with Crippen LogP contribution in [0.3, 0.4) is 0 Å². The van der Waals surface area contributed by atoms with Gasteiger partial charge in [-0.05, 0) is 42.3 Å². The van der Waals surface area contributed by atoms with Crippen LogP contribution in [0, 0.1) is 0 Å². The molecule has 1 heterocycles. The van der Waals surface area contributed by atoms with E-state index in [1.807, 2.05) is 25.2 Å². The van der Waals surface area contributed by atoms with Crippen LogP contribution in [0.5, 0.6) is 11.6 Å². The second-order valence-corrected chi connectivity index (χ2v) is 5.39. The molecular formula is C16H19ClN2O. The van der Waals surface area contributed by atoms with Gasteiger partial charge in [-0.1, -0.05) is 37.6 Å². The lowest BCUT2D eigenvalue weighted by molar-refractivity contribution is 0.462. The van der Waals surface area contributed by atoms with Crippen LogP contribution in [-0.4, -0.2) is 12.0 Å². The highest BCUT2D eigenvalue weighted by atomic mass is 35.5. The largest absolute Gasteiger partial charge is 0.438 e. The SMILES string of the molecule is CNCc1cnc(Oc2ccc(C(C)C)cc2)c(Cl)c1. The zero-order valence-electron chi connectivity index (χ0n) is 12.0. The highest BCUT2D eigenvalue weighted by Crippen LogP contribution is 2.28. The molecule has 106 valence electrons. The number of hydrogen-bond donors (Lipinski definition) is 1. The number of rotatable bonds is 5. The van der Waals surface area contributed by atoms with Gasteiger partial charge >= 0.3 is 0 Å².